The fourth-order valence-corrected chi connectivity index (χ4v) is 1.49. The van der Waals surface area contributed by atoms with Crippen LogP contribution in [0.15, 0.2) is 30.7 Å². The van der Waals surface area contributed by atoms with Crippen molar-refractivity contribution in [3.8, 4) is 6.07 Å². The van der Waals surface area contributed by atoms with Crippen molar-refractivity contribution < 1.29 is 4.79 Å². The summed E-state index contributed by atoms with van der Waals surface area (Å²) < 4.78 is 0. The minimum absolute atomic E-state index is 0.324. The Morgan fingerprint density at radius 2 is 2.35 bits per heavy atom. The van der Waals surface area contributed by atoms with Gasteiger partial charge in [-0.05, 0) is 12.1 Å². The third-order valence-corrected chi connectivity index (χ3v) is 2.39. The lowest BCUT2D eigenvalue weighted by Gasteiger charge is -2.08. The average molecular weight is 271 g/mol. The Bertz CT molecular complexity index is 603. The van der Waals surface area contributed by atoms with Crippen LogP contribution in [0, 0.1) is 11.3 Å². The molecule has 0 fully saturated rings. The Balaban J connectivity index is 1.71. The number of nitrogens with zero attached hydrogens (tertiary/aromatic N) is 3. The lowest BCUT2D eigenvalue weighted by molar-refractivity contribution is 0.252. The van der Waals surface area contributed by atoms with Gasteiger partial charge in [-0.3, -0.25) is 5.10 Å². The summed E-state index contributed by atoms with van der Waals surface area (Å²) in [4.78, 5) is 15.5. The summed E-state index contributed by atoms with van der Waals surface area (Å²) >= 11 is 0. The first-order valence-electron chi connectivity index (χ1n) is 5.92. The van der Waals surface area contributed by atoms with Crippen LogP contribution in [0.4, 0.5) is 16.3 Å². The average Bonchev–Trinajstić information content (AvgIpc) is 2.97. The molecule has 0 unspecified atom stereocenters. The van der Waals surface area contributed by atoms with Crippen molar-refractivity contribution >= 4 is 17.5 Å². The molecule has 2 heterocycles. The summed E-state index contributed by atoms with van der Waals surface area (Å²) in [5.41, 5.74) is 1.06. The number of H-pyrrole nitrogens is 1. The van der Waals surface area contributed by atoms with Gasteiger partial charge in [0.25, 0.3) is 0 Å². The van der Waals surface area contributed by atoms with Gasteiger partial charge in [0.15, 0.2) is 0 Å². The molecule has 0 atom stereocenters. The quantitative estimate of drug-likeness (QED) is 0.603. The smallest absolute Gasteiger partial charge is 0.319 e. The van der Waals surface area contributed by atoms with E-state index in [-0.39, 0.29) is 6.03 Å². The summed E-state index contributed by atoms with van der Waals surface area (Å²) in [5, 5.41) is 23.4. The third kappa shape index (κ3) is 3.71. The topological polar surface area (TPSA) is 119 Å². The van der Waals surface area contributed by atoms with Crippen LogP contribution in [-0.4, -0.2) is 34.3 Å². The van der Waals surface area contributed by atoms with E-state index in [1.807, 2.05) is 6.07 Å². The molecule has 4 N–H and O–H groups in total. The maximum Gasteiger partial charge on any atom is 0.319 e. The molecular weight excluding hydrogens is 258 g/mol. The Morgan fingerprint density at radius 3 is 3.10 bits per heavy atom. The molecule has 0 spiro atoms. The van der Waals surface area contributed by atoms with Gasteiger partial charge in [0.1, 0.15) is 11.9 Å². The summed E-state index contributed by atoms with van der Waals surface area (Å²) in [6.45, 7) is 0.857. The predicted octanol–water partition coefficient (Wildman–Crippen LogP) is 0.910. The van der Waals surface area contributed by atoms with Crippen molar-refractivity contribution in [2.24, 2.45) is 0 Å². The monoisotopic (exact) mass is 271 g/mol. The van der Waals surface area contributed by atoms with Crippen LogP contribution < -0.4 is 16.0 Å². The highest BCUT2D eigenvalue weighted by Gasteiger charge is 2.03. The highest BCUT2D eigenvalue weighted by atomic mass is 16.2. The number of hydrogen-bond acceptors (Lipinski definition) is 5. The normalized spacial score (nSPS) is 9.55. The van der Waals surface area contributed by atoms with E-state index in [1.165, 1.54) is 6.20 Å². The second-order valence-electron chi connectivity index (χ2n) is 3.81. The molecule has 0 aromatic carbocycles. The fraction of sp³-hybridized carbons (Fsp3) is 0.167. The van der Waals surface area contributed by atoms with E-state index in [0.29, 0.717) is 30.2 Å². The van der Waals surface area contributed by atoms with Gasteiger partial charge in [-0.15, -0.1) is 0 Å². The minimum Gasteiger partial charge on any atom is -0.367 e. The van der Waals surface area contributed by atoms with Gasteiger partial charge >= 0.3 is 6.03 Å². The van der Waals surface area contributed by atoms with Crippen LogP contribution in [0.1, 0.15) is 5.56 Å². The van der Waals surface area contributed by atoms with E-state index in [1.54, 1.807) is 24.5 Å². The molecule has 2 aromatic rings. The zero-order chi connectivity index (χ0) is 14.2. The Kier molecular flexibility index (Phi) is 4.50. The first-order valence-corrected chi connectivity index (χ1v) is 5.92. The Hall–Kier alpha value is -3.08. The zero-order valence-electron chi connectivity index (χ0n) is 10.6. The fourth-order valence-electron chi connectivity index (χ4n) is 1.49. The highest BCUT2D eigenvalue weighted by Crippen LogP contribution is 2.08. The second kappa shape index (κ2) is 6.75. The van der Waals surface area contributed by atoms with Crippen LogP contribution in [0.3, 0.4) is 0 Å². The summed E-state index contributed by atoms with van der Waals surface area (Å²) in [7, 11) is 0. The summed E-state index contributed by atoms with van der Waals surface area (Å²) in [6, 6.07) is 5.09. The highest BCUT2D eigenvalue weighted by molar-refractivity contribution is 5.88. The second-order valence-corrected chi connectivity index (χ2v) is 3.81. The Labute approximate surface area is 115 Å². The molecule has 0 aliphatic heterocycles. The molecule has 0 saturated heterocycles. The molecule has 0 radical (unpaired) electrons. The molecule has 102 valence electrons. The van der Waals surface area contributed by atoms with Gasteiger partial charge in [0.05, 0.1) is 17.4 Å². The van der Waals surface area contributed by atoms with E-state index < -0.39 is 0 Å². The molecule has 20 heavy (non-hydrogen) atoms. The van der Waals surface area contributed by atoms with E-state index >= 15 is 0 Å². The maximum absolute atomic E-state index is 11.5. The van der Waals surface area contributed by atoms with Crippen molar-refractivity contribution in [1.82, 2.24) is 20.5 Å². The molecule has 2 amide bonds. The summed E-state index contributed by atoms with van der Waals surface area (Å²) in [5.74, 6) is 0.507. The maximum atomic E-state index is 11.5. The number of aromatic amines is 1. The molecule has 8 heteroatoms. The molecule has 2 rings (SSSR count). The van der Waals surface area contributed by atoms with Gasteiger partial charge in [-0.1, -0.05) is 0 Å². The molecule has 0 aliphatic rings. The van der Waals surface area contributed by atoms with E-state index in [0.717, 1.165) is 0 Å². The number of hydrogen-bond donors (Lipinski definition) is 4. The van der Waals surface area contributed by atoms with Crippen LogP contribution in [0.5, 0.6) is 0 Å². The number of nitrogens with one attached hydrogen (secondary N) is 4. The van der Waals surface area contributed by atoms with Crippen molar-refractivity contribution in [3.05, 3.63) is 36.3 Å². The molecule has 0 bridgehead atoms. The number of amides is 2. The molecular formula is C12H13N7O. The van der Waals surface area contributed by atoms with Crippen LogP contribution in [-0.2, 0) is 0 Å². The first kappa shape index (κ1) is 13.4. The summed E-state index contributed by atoms with van der Waals surface area (Å²) in [6.07, 6.45) is 4.68. The van der Waals surface area contributed by atoms with Gasteiger partial charge in [0, 0.05) is 25.5 Å². The number of urea groups is 1. The molecule has 0 saturated carbocycles. The number of carbonyl (C=O) groups is 1. The minimum atomic E-state index is -0.324. The van der Waals surface area contributed by atoms with Crippen LogP contribution in [0.25, 0.3) is 0 Å². The Morgan fingerprint density at radius 1 is 1.45 bits per heavy atom. The number of carbonyl (C=O) groups excluding carboxylic acids is 1. The van der Waals surface area contributed by atoms with Gasteiger partial charge < -0.3 is 16.0 Å². The van der Waals surface area contributed by atoms with Crippen molar-refractivity contribution in [3.63, 3.8) is 0 Å². The van der Waals surface area contributed by atoms with Crippen LogP contribution in [0.2, 0.25) is 0 Å². The lowest BCUT2D eigenvalue weighted by atomic mass is 10.3. The van der Waals surface area contributed by atoms with E-state index in [9.17, 15) is 4.79 Å². The van der Waals surface area contributed by atoms with Gasteiger partial charge in [0.2, 0.25) is 0 Å². The van der Waals surface area contributed by atoms with Crippen molar-refractivity contribution in [2.75, 3.05) is 23.7 Å². The number of pyridine rings is 1. The van der Waals surface area contributed by atoms with Crippen molar-refractivity contribution in [1.29, 1.82) is 5.26 Å². The molecule has 0 aliphatic carbocycles. The predicted molar refractivity (Wildman–Crippen MR) is 73.1 cm³/mol. The molecule has 2 aromatic heterocycles. The standard InChI is InChI=1S/C12H13N7O/c13-6-9-2-1-3-14-11(9)15-4-5-16-12(20)19-10-7-17-18-8-10/h1-3,7-8H,4-5H2,(H,14,15)(H,17,18)(H2,16,19,20). The van der Waals surface area contributed by atoms with Gasteiger partial charge in [-0.25, -0.2) is 9.78 Å². The van der Waals surface area contributed by atoms with Gasteiger partial charge in [-0.2, -0.15) is 10.4 Å². The van der Waals surface area contributed by atoms with E-state index in [4.69, 9.17) is 5.26 Å². The van der Waals surface area contributed by atoms with E-state index in [2.05, 4.69) is 31.1 Å². The number of aromatic nitrogens is 3. The zero-order valence-corrected chi connectivity index (χ0v) is 10.6. The number of rotatable bonds is 5. The number of anilines is 2. The van der Waals surface area contributed by atoms with Crippen LogP contribution >= 0.6 is 0 Å². The first-order chi connectivity index (χ1) is 9.79. The largest absolute Gasteiger partial charge is 0.367 e. The SMILES string of the molecule is N#Cc1cccnc1NCCNC(=O)Nc1cn[nH]c1. The van der Waals surface area contributed by atoms with Crippen molar-refractivity contribution in [2.45, 2.75) is 0 Å². The lowest BCUT2D eigenvalue weighted by Crippen LogP contribution is -2.32. The third-order valence-electron chi connectivity index (χ3n) is 2.39. The number of nitriles is 1. The molecule has 8 nitrogen and oxygen atoms in total.